The standard InChI is InChI=1S/C12H11N5O4/c18-16(19)11-2-1-9(12(5-11)17(20)21)6-14-7-10-3-4-13-8-15-10/h1-5,8,14H,6-7H2. The average molecular weight is 289 g/mol. The van der Waals surface area contributed by atoms with Crippen LogP contribution in [0.4, 0.5) is 11.4 Å². The predicted molar refractivity (Wildman–Crippen MR) is 72.3 cm³/mol. The molecule has 0 aliphatic heterocycles. The highest BCUT2D eigenvalue weighted by Crippen LogP contribution is 2.24. The highest BCUT2D eigenvalue weighted by atomic mass is 16.6. The predicted octanol–water partition coefficient (Wildman–Crippen LogP) is 1.58. The molecular weight excluding hydrogens is 278 g/mol. The van der Waals surface area contributed by atoms with E-state index in [4.69, 9.17) is 0 Å². The zero-order valence-corrected chi connectivity index (χ0v) is 10.8. The Hall–Kier alpha value is -2.94. The first-order valence-electron chi connectivity index (χ1n) is 5.95. The van der Waals surface area contributed by atoms with Crippen molar-refractivity contribution in [2.45, 2.75) is 13.1 Å². The van der Waals surface area contributed by atoms with Gasteiger partial charge in [-0.1, -0.05) is 0 Å². The Labute approximate surface area is 119 Å². The van der Waals surface area contributed by atoms with Crippen molar-refractivity contribution in [3.05, 3.63) is 68.3 Å². The number of hydrogen-bond donors (Lipinski definition) is 1. The second-order valence-corrected chi connectivity index (χ2v) is 4.13. The molecule has 0 saturated heterocycles. The van der Waals surface area contributed by atoms with E-state index in [2.05, 4.69) is 15.3 Å². The molecule has 9 heteroatoms. The first kappa shape index (κ1) is 14.5. The van der Waals surface area contributed by atoms with Crippen molar-refractivity contribution in [3.63, 3.8) is 0 Å². The van der Waals surface area contributed by atoms with Gasteiger partial charge in [0, 0.05) is 30.9 Å². The zero-order valence-electron chi connectivity index (χ0n) is 10.8. The van der Waals surface area contributed by atoms with Crippen LogP contribution in [0.3, 0.4) is 0 Å². The number of rotatable bonds is 6. The molecule has 0 unspecified atom stereocenters. The fourth-order valence-electron chi connectivity index (χ4n) is 1.73. The molecule has 1 heterocycles. The first-order chi connectivity index (χ1) is 10.1. The third-order valence-electron chi connectivity index (χ3n) is 2.74. The minimum Gasteiger partial charge on any atom is -0.307 e. The minimum atomic E-state index is -0.662. The number of non-ortho nitro benzene ring substituents is 1. The summed E-state index contributed by atoms with van der Waals surface area (Å²) in [4.78, 5) is 28.1. The van der Waals surface area contributed by atoms with E-state index in [1.54, 1.807) is 12.3 Å². The monoisotopic (exact) mass is 289 g/mol. The van der Waals surface area contributed by atoms with E-state index in [9.17, 15) is 20.2 Å². The second kappa shape index (κ2) is 6.48. The number of nitrogens with one attached hydrogen (secondary N) is 1. The van der Waals surface area contributed by atoms with Gasteiger partial charge in [-0.05, 0) is 12.1 Å². The van der Waals surface area contributed by atoms with Gasteiger partial charge in [-0.3, -0.25) is 20.2 Å². The second-order valence-electron chi connectivity index (χ2n) is 4.13. The summed E-state index contributed by atoms with van der Waals surface area (Å²) >= 11 is 0. The van der Waals surface area contributed by atoms with Gasteiger partial charge in [0.05, 0.1) is 21.6 Å². The fourth-order valence-corrected chi connectivity index (χ4v) is 1.73. The van der Waals surface area contributed by atoms with Crippen molar-refractivity contribution < 1.29 is 9.85 Å². The van der Waals surface area contributed by atoms with Crippen LogP contribution in [0.5, 0.6) is 0 Å². The van der Waals surface area contributed by atoms with E-state index < -0.39 is 9.85 Å². The maximum absolute atomic E-state index is 11.0. The molecule has 0 atom stereocenters. The summed E-state index contributed by atoms with van der Waals surface area (Å²) in [6.07, 6.45) is 3.00. The van der Waals surface area contributed by atoms with E-state index in [0.29, 0.717) is 12.1 Å². The highest BCUT2D eigenvalue weighted by Gasteiger charge is 2.18. The quantitative estimate of drug-likeness (QED) is 0.632. The Morgan fingerprint density at radius 2 is 1.90 bits per heavy atom. The molecule has 0 bridgehead atoms. The normalized spacial score (nSPS) is 10.3. The molecule has 0 radical (unpaired) electrons. The molecule has 0 fully saturated rings. The van der Waals surface area contributed by atoms with Gasteiger partial charge >= 0.3 is 0 Å². The van der Waals surface area contributed by atoms with Gasteiger partial charge in [-0.25, -0.2) is 9.97 Å². The largest absolute Gasteiger partial charge is 0.307 e. The van der Waals surface area contributed by atoms with Gasteiger partial charge < -0.3 is 5.32 Å². The molecule has 9 nitrogen and oxygen atoms in total. The van der Waals surface area contributed by atoms with Crippen molar-refractivity contribution in [1.29, 1.82) is 0 Å². The third-order valence-corrected chi connectivity index (χ3v) is 2.74. The average Bonchev–Trinajstić information content (AvgIpc) is 2.48. The van der Waals surface area contributed by atoms with E-state index in [1.165, 1.54) is 18.5 Å². The van der Waals surface area contributed by atoms with Gasteiger partial charge in [0.15, 0.2) is 0 Å². The Morgan fingerprint density at radius 3 is 2.52 bits per heavy atom. The molecule has 0 aliphatic carbocycles. The number of hydrogen-bond acceptors (Lipinski definition) is 7. The Morgan fingerprint density at radius 1 is 1.10 bits per heavy atom. The lowest BCUT2D eigenvalue weighted by Gasteiger charge is -2.05. The van der Waals surface area contributed by atoms with Crippen LogP contribution in [0, 0.1) is 20.2 Å². The molecule has 108 valence electrons. The molecule has 0 saturated carbocycles. The first-order valence-corrected chi connectivity index (χ1v) is 5.95. The summed E-state index contributed by atoms with van der Waals surface area (Å²) in [6, 6.07) is 5.30. The summed E-state index contributed by atoms with van der Waals surface area (Å²) in [6.45, 7) is 0.620. The SMILES string of the molecule is O=[N+]([O-])c1ccc(CNCc2ccncn2)c([N+](=O)[O-])c1. The molecule has 1 aromatic carbocycles. The summed E-state index contributed by atoms with van der Waals surface area (Å²) in [5.74, 6) is 0. The van der Waals surface area contributed by atoms with Crippen molar-refractivity contribution in [3.8, 4) is 0 Å². The number of benzene rings is 1. The molecule has 21 heavy (non-hydrogen) atoms. The molecule has 1 N–H and O–H groups in total. The van der Waals surface area contributed by atoms with E-state index in [-0.39, 0.29) is 17.9 Å². The smallest absolute Gasteiger partial charge is 0.280 e. The van der Waals surface area contributed by atoms with E-state index in [0.717, 1.165) is 11.8 Å². The van der Waals surface area contributed by atoms with Crippen LogP contribution in [0.15, 0.2) is 36.8 Å². The summed E-state index contributed by atoms with van der Waals surface area (Å²) in [5.41, 5.74) is 0.537. The molecule has 2 rings (SSSR count). The van der Waals surface area contributed by atoms with E-state index >= 15 is 0 Å². The van der Waals surface area contributed by atoms with Gasteiger partial charge in [-0.2, -0.15) is 0 Å². The van der Waals surface area contributed by atoms with Crippen LogP contribution < -0.4 is 5.32 Å². The van der Waals surface area contributed by atoms with Crippen molar-refractivity contribution in [2.24, 2.45) is 0 Å². The van der Waals surface area contributed by atoms with Crippen LogP contribution in [0.25, 0.3) is 0 Å². The molecule has 0 spiro atoms. The van der Waals surface area contributed by atoms with Crippen molar-refractivity contribution in [1.82, 2.24) is 15.3 Å². The summed E-state index contributed by atoms with van der Waals surface area (Å²) < 4.78 is 0. The van der Waals surface area contributed by atoms with Crippen LogP contribution >= 0.6 is 0 Å². The zero-order chi connectivity index (χ0) is 15.2. The van der Waals surface area contributed by atoms with Crippen LogP contribution in [-0.4, -0.2) is 19.8 Å². The lowest BCUT2D eigenvalue weighted by Crippen LogP contribution is -2.14. The Bertz CT molecular complexity index is 662. The minimum absolute atomic E-state index is 0.207. The number of nitrogens with zero attached hydrogens (tertiary/aromatic N) is 4. The summed E-state index contributed by atoms with van der Waals surface area (Å²) in [7, 11) is 0. The maximum Gasteiger partial charge on any atom is 0.280 e. The number of nitro groups is 2. The van der Waals surface area contributed by atoms with Crippen LogP contribution in [-0.2, 0) is 13.1 Å². The lowest BCUT2D eigenvalue weighted by atomic mass is 10.1. The van der Waals surface area contributed by atoms with E-state index in [1.807, 2.05) is 0 Å². The van der Waals surface area contributed by atoms with Crippen LogP contribution in [0.1, 0.15) is 11.3 Å². The number of nitro benzene ring substituents is 2. The molecule has 1 aromatic heterocycles. The fraction of sp³-hybridized carbons (Fsp3) is 0.167. The maximum atomic E-state index is 11.0. The third kappa shape index (κ3) is 3.76. The Balaban J connectivity index is 2.09. The number of aromatic nitrogens is 2. The lowest BCUT2D eigenvalue weighted by molar-refractivity contribution is -0.394. The summed E-state index contributed by atoms with van der Waals surface area (Å²) in [5, 5.41) is 24.6. The molecule has 0 aliphatic rings. The van der Waals surface area contributed by atoms with Gasteiger partial charge in [0.1, 0.15) is 6.33 Å². The van der Waals surface area contributed by atoms with Crippen LogP contribution in [0.2, 0.25) is 0 Å². The molecule has 0 amide bonds. The molecule has 2 aromatic rings. The van der Waals surface area contributed by atoms with Gasteiger partial charge in [0.25, 0.3) is 11.4 Å². The highest BCUT2D eigenvalue weighted by molar-refractivity contribution is 5.49. The van der Waals surface area contributed by atoms with Gasteiger partial charge in [0.2, 0.25) is 0 Å². The van der Waals surface area contributed by atoms with Crippen molar-refractivity contribution >= 4 is 11.4 Å². The van der Waals surface area contributed by atoms with Crippen molar-refractivity contribution in [2.75, 3.05) is 0 Å². The molecular formula is C12H11N5O4. The Kier molecular flexibility index (Phi) is 4.46. The van der Waals surface area contributed by atoms with Gasteiger partial charge in [-0.15, -0.1) is 0 Å². The topological polar surface area (TPSA) is 124 Å².